The molecule has 0 saturated carbocycles. The SMILES string of the molecule is Br.COc1cc(OC)c(-c2cn3cnc(Br)cc3n2)cc1Cl. The molecule has 1 aromatic carbocycles. The first-order valence-electron chi connectivity index (χ1n) is 6.04. The Morgan fingerprint density at radius 1 is 1.14 bits per heavy atom. The lowest BCUT2D eigenvalue weighted by atomic mass is 10.1. The van der Waals surface area contributed by atoms with E-state index in [2.05, 4.69) is 25.9 Å². The van der Waals surface area contributed by atoms with E-state index in [9.17, 15) is 0 Å². The minimum absolute atomic E-state index is 0. The lowest BCUT2D eigenvalue weighted by molar-refractivity contribution is 0.395. The largest absolute Gasteiger partial charge is 0.496 e. The molecule has 0 aliphatic rings. The van der Waals surface area contributed by atoms with E-state index < -0.39 is 0 Å². The fraction of sp³-hybridized carbons (Fsp3) is 0.143. The number of nitrogens with zero attached hydrogens (tertiary/aromatic N) is 3. The van der Waals surface area contributed by atoms with Crippen molar-refractivity contribution in [2.24, 2.45) is 0 Å². The average molecular weight is 450 g/mol. The van der Waals surface area contributed by atoms with Gasteiger partial charge >= 0.3 is 0 Å². The first kappa shape index (κ1) is 17.1. The number of hydrogen-bond acceptors (Lipinski definition) is 4. The van der Waals surface area contributed by atoms with Crippen LogP contribution < -0.4 is 9.47 Å². The van der Waals surface area contributed by atoms with Crippen LogP contribution >= 0.6 is 44.5 Å². The molecular weight excluding hydrogens is 437 g/mol. The highest BCUT2D eigenvalue weighted by atomic mass is 79.9. The van der Waals surface area contributed by atoms with Gasteiger partial charge in [0, 0.05) is 23.9 Å². The van der Waals surface area contributed by atoms with Crippen LogP contribution in [0.5, 0.6) is 11.5 Å². The van der Waals surface area contributed by atoms with Crippen molar-refractivity contribution in [1.29, 1.82) is 0 Å². The Labute approximate surface area is 151 Å². The molecule has 0 spiro atoms. The van der Waals surface area contributed by atoms with Gasteiger partial charge in [0.1, 0.15) is 28.1 Å². The van der Waals surface area contributed by atoms with Crippen LogP contribution in [0.3, 0.4) is 0 Å². The Morgan fingerprint density at radius 3 is 2.55 bits per heavy atom. The number of rotatable bonds is 3. The molecule has 0 unspecified atom stereocenters. The van der Waals surface area contributed by atoms with Crippen LogP contribution in [0.25, 0.3) is 16.9 Å². The normalized spacial score (nSPS) is 10.4. The summed E-state index contributed by atoms with van der Waals surface area (Å²) < 4.78 is 13.2. The fourth-order valence-corrected chi connectivity index (χ4v) is 2.60. The summed E-state index contributed by atoms with van der Waals surface area (Å²) in [6.45, 7) is 0. The van der Waals surface area contributed by atoms with Crippen molar-refractivity contribution >= 4 is 50.2 Å². The van der Waals surface area contributed by atoms with Crippen LogP contribution in [-0.2, 0) is 0 Å². The number of benzene rings is 1. The van der Waals surface area contributed by atoms with Crippen LogP contribution in [0.4, 0.5) is 0 Å². The molecule has 116 valence electrons. The Bertz CT molecular complexity index is 823. The zero-order chi connectivity index (χ0) is 15.0. The maximum Gasteiger partial charge on any atom is 0.141 e. The lowest BCUT2D eigenvalue weighted by Crippen LogP contribution is -1.91. The van der Waals surface area contributed by atoms with Crippen molar-refractivity contribution in [3.8, 4) is 22.8 Å². The maximum absolute atomic E-state index is 6.20. The molecule has 0 bridgehead atoms. The van der Waals surface area contributed by atoms with Gasteiger partial charge in [0.05, 0.1) is 24.9 Å². The number of methoxy groups -OCH3 is 2. The highest BCUT2D eigenvalue weighted by molar-refractivity contribution is 9.10. The Balaban J connectivity index is 0.00000176. The summed E-state index contributed by atoms with van der Waals surface area (Å²) >= 11 is 9.53. The molecule has 3 aromatic rings. The minimum Gasteiger partial charge on any atom is -0.496 e. The molecule has 0 N–H and O–H groups in total. The van der Waals surface area contributed by atoms with E-state index in [0.29, 0.717) is 16.5 Å². The first-order chi connectivity index (χ1) is 10.1. The van der Waals surface area contributed by atoms with Gasteiger partial charge in [0.15, 0.2) is 0 Å². The predicted molar refractivity (Wildman–Crippen MR) is 94.6 cm³/mol. The molecule has 0 amide bonds. The highest BCUT2D eigenvalue weighted by Gasteiger charge is 2.14. The topological polar surface area (TPSA) is 48.7 Å². The van der Waals surface area contributed by atoms with Crippen LogP contribution in [0.2, 0.25) is 5.02 Å². The molecule has 0 saturated heterocycles. The Morgan fingerprint density at radius 2 is 1.86 bits per heavy atom. The van der Waals surface area contributed by atoms with Gasteiger partial charge in [-0.05, 0) is 22.0 Å². The van der Waals surface area contributed by atoms with Gasteiger partial charge in [0.2, 0.25) is 0 Å². The quantitative estimate of drug-likeness (QED) is 0.556. The fourth-order valence-electron chi connectivity index (χ4n) is 2.06. The lowest BCUT2D eigenvalue weighted by Gasteiger charge is -2.10. The van der Waals surface area contributed by atoms with Gasteiger partial charge in [-0.3, -0.25) is 4.40 Å². The summed E-state index contributed by atoms with van der Waals surface area (Å²) in [5.41, 5.74) is 2.32. The van der Waals surface area contributed by atoms with Gasteiger partial charge in [0.25, 0.3) is 0 Å². The number of imidazole rings is 1. The van der Waals surface area contributed by atoms with Crippen LogP contribution in [0.15, 0.2) is 35.3 Å². The smallest absolute Gasteiger partial charge is 0.141 e. The third-order valence-electron chi connectivity index (χ3n) is 3.06. The van der Waals surface area contributed by atoms with Crippen molar-refractivity contribution in [3.63, 3.8) is 0 Å². The van der Waals surface area contributed by atoms with Crippen molar-refractivity contribution in [3.05, 3.63) is 40.3 Å². The molecule has 2 heterocycles. The summed E-state index contributed by atoms with van der Waals surface area (Å²) in [6, 6.07) is 5.36. The second kappa shape index (κ2) is 6.85. The average Bonchev–Trinajstić information content (AvgIpc) is 2.89. The zero-order valence-corrected chi connectivity index (χ0v) is 15.8. The molecule has 0 radical (unpaired) electrons. The second-order valence-electron chi connectivity index (χ2n) is 4.29. The molecule has 0 aliphatic heterocycles. The van der Waals surface area contributed by atoms with Crippen LogP contribution in [-0.4, -0.2) is 28.6 Å². The molecule has 8 heteroatoms. The molecular formula is C14H12Br2ClN3O2. The summed E-state index contributed by atoms with van der Waals surface area (Å²) in [4.78, 5) is 8.73. The van der Waals surface area contributed by atoms with E-state index in [1.807, 2.05) is 16.7 Å². The molecule has 0 atom stereocenters. The standard InChI is InChI=1S/C14H11BrClN3O2.BrH/c1-20-11-4-12(21-2)9(16)3-8(11)10-6-19-7-17-13(15)5-14(19)18-10;/h3-7H,1-2H3;1H. The van der Waals surface area contributed by atoms with Crippen LogP contribution in [0.1, 0.15) is 0 Å². The Kier molecular flexibility index (Phi) is 5.31. The first-order valence-corrected chi connectivity index (χ1v) is 7.21. The van der Waals surface area contributed by atoms with Gasteiger partial charge in [-0.25, -0.2) is 9.97 Å². The van der Waals surface area contributed by atoms with E-state index in [0.717, 1.165) is 21.5 Å². The van der Waals surface area contributed by atoms with Gasteiger partial charge in [-0.1, -0.05) is 11.6 Å². The summed E-state index contributed by atoms with van der Waals surface area (Å²) in [6.07, 6.45) is 3.56. The third kappa shape index (κ3) is 3.06. The third-order valence-corrected chi connectivity index (χ3v) is 3.79. The summed E-state index contributed by atoms with van der Waals surface area (Å²) in [7, 11) is 3.16. The minimum atomic E-state index is 0. The molecule has 5 nitrogen and oxygen atoms in total. The second-order valence-corrected chi connectivity index (χ2v) is 5.51. The van der Waals surface area contributed by atoms with E-state index in [4.69, 9.17) is 21.1 Å². The van der Waals surface area contributed by atoms with Gasteiger partial charge in [-0.15, -0.1) is 17.0 Å². The number of halogens is 3. The number of hydrogen-bond donors (Lipinski definition) is 0. The zero-order valence-electron chi connectivity index (χ0n) is 11.7. The van der Waals surface area contributed by atoms with Crippen molar-refractivity contribution in [1.82, 2.24) is 14.4 Å². The van der Waals surface area contributed by atoms with E-state index >= 15 is 0 Å². The highest BCUT2D eigenvalue weighted by Crippen LogP contribution is 2.38. The monoisotopic (exact) mass is 447 g/mol. The molecule has 0 fully saturated rings. The van der Waals surface area contributed by atoms with Gasteiger partial charge < -0.3 is 9.47 Å². The van der Waals surface area contributed by atoms with Gasteiger partial charge in [-0.2, -0.15) is 0 Å². The number of fused-ring (bicyclic) bond motifs is 1. The van der Waals surface area contributed by atoms with Crippen molar-refractivity contribution in [2.75, 3.05) is 14.2 Å². The predicted octanol–water partition coefficient (Wildman–Crippen LogP) is 4.41. The molecule has 22 heavy (non-hydrogen) atoms. The Hall–Kier alpha value is -1.31. The number of aromatic nitrogens is 3. The van der Waals surface area contributed by atoms with Crippen molar-refractivity contribution in [2.45, 2.75) is 0 Å². The summed E-state index contributed by atoms with van der Waals surface area (Å²) in [5.74, 6) is 1.21. The molecule has 2 aromatic heterocycles. The summed E-state index contributed by atoms with van der Waals surface area (Å²) in [5, 5.41) is 0.504. The van der Waals surface area contributed by atoms with E-state index in [1.54, 1.807) is 32.7 Å². The van der Waals surface area contributed by atoms with Crippen LogP contribution in [0, 0.1) is 0 Å². The van der Waals surface area contributed by atoms with Crippen molar-refractivity contribution < 1.29 is 9.47 Å². The van der Waals surface area contributed by atoms with E-state index in [-0.39, 0.29) is 17.0 Å². The maximum atomic E-state index is 6.20. The number of ether oxygens (including phenoxy) is 2. The van der Waals surface area contributed by atoms with E-state index in [1.165, 1.54) is 0 Å². The molecule has 0 aliphatic carbocycles. The molecule has 3 rings (SSSR count).